The van der Waals surface area contributed by atoms with E-state index in [1.165, 1.54) is 6.26 Å². The van der Waals surface area contributed by atoms with E-state index in [9.17, 15) is 4.79 Å². The number of nitrogens with two attached hydrogens (primary N) is 1. The molecule has 0 fully saturated rings. The quantitative estimate of drug-likeness (QED) is 0.757. The van der Waals surface area contributed by atoms with Crippen molar-refractivity contribution in [1.82, 2.24) is 0 Å². The van der Waals surface area contributed by atoms with Crippen LogP contribution in [0.2, 0.25) is 0 Å². The van der Waals surface area contributed by atoms with Gasteiger partial charge in [0.25, 0.3) is 5.91 Å². The smallest absolute Gasteiger partial charge is 0.291 e. The van der Waals surface area contributed by atoms with Gasteiger partial charge in [0, 0.05) is 0 Å². The maximum absolute atomic E-state index is 11.7. The number of amides is 1. The summed E-state index contributed by atoms with van der Waals surface area (Å²) in [6.45, 7) is 1.88. The first-order valence-electron chi connectivity index (χ1n) is 4.88. The summed E-state index contributed by atoms with van der Waals surface area (Å²) in [5, 5.41) is 2.72. The highest BCUT2D eigenvalue weighted by atomic mass is 16.3. The zero-order valence-electron chi connectivity index (χ0n) is 8.86. The van der Waals surface area contributed by atoms with Crippen molar-refractivity contribution in [1.29, 1.82) is 0 Å². The minimum absolute atomic E-state index is 0.266. The van der Waals surface area contributed by atoms with Crippen LogP contribution in [0, 0.1) is 6.92 Å². The molecule has 0 saturated heterocycles. The number of nitrogens with one attached hydrogen (secondary N) is 1. The van der Waals surface area contributed by atoms with Gasteiger partial charge in [-0.3, -0.25) is 4.79 Å². The maximum atomic E-state index is 11.7. The first-order chi connectivity index (χ1) is 7.68. The van der Waals surface area contributed by atoms with E-state index < -0.39 is 0 Å². The summed E-state index contributed by atoms with van der Waals surface area (Å²) < 4.78 is 4.99. The average Bonchev–Trinajstić information content (AvgIpc) is 2.76. The van der Waals surface area contributed by atoms with E-state index in [1.54, 1.807) is 18.2 Å². The zero-order chi connectivity index (χ0) is 11.5. The number of aryl methyl sites for hydroxylation is 1. The lowest BCUT2D eigenvalue weighted by atomic mass is 10.1. The predicted molar refractivity (Wildman–Crippen MR) is 62.3 cm³/mol. The first-order valence-corrected chi connectivity index (χ1v) is 4.88. The molecule has 2 aromatic rings. The first kappa shape index (κ1) is 10.3. The number of carbonyl (C=O) groups excluding carboxylic acids is 1. The molecular formula is C12H12N2O2. The normalized spacial score (nSPS) is 10.1. The molecule has 0 aliphatic heterocycles. The third-order valence-electron chi connectivity index (χ3n) is 2.29. The highest BCUT2D eigenvalue weighted by molar-refractivity contribution is 6.04. The van der Waals surface area contributed by atoms with Gasteiger partial charge in [0.05, 0.1) is 17.6 Å². The molecule has 16 heavy (non-hydrogen) atoms. The van der Waals surface area contributed by atoms with Crippen LogP contribution >= 0.6 is 0 Å². The molecule has 0 spiro atoms. The summed E-state index contributed by atoms with van der Waals surface area (Å²) in [4.78, 5) is 11.7. The number of hydrogen-bond acceptors (Lipinski definition) is 3. The van der Waals surface area contributed by atoms with Crippen LogP contribution in [0.25, 0.3) is 0 Å². The van der Waals surface area contributed by atoms with Gasteiger partial charge in [-0.25, -0.2) is 0 Å². The molecule has 3 N–H and O–H groups in total. The lowest BCUT2D eigenvalue weighted by Crippen LogP contribution is -2.13. The second-order valence-electron chi connectivity index (χ2n) is 3.47. The predicted octanol–water partition coefficient (Wildman–Crippen LogP) is 2.42. The summed E-state index contributed by atoms with van der Waals surface area (Å²) in [6, 6.07) is 8.73. The van der Waals surface area contributed by atoms with Crippen molar-refractivity contribution in [2.75, 3.05) is 11.1 Å². The number of furan rings is 1. The van der Waals surface area contributed by atoms with Crippen molar-refractivity contribution in [2.45, 2.75) is 6.92 Å². The number of benzene rings is 1. The van der Waals surface area contributed by atoms with Crippen molar-refractivity contribution < 1.29 is 9.21 Å². The van der Waals surface area contributed by atoms with Gasteiger partial charge < -0.3 is 15.5 Å². The summed E-state index contributed by atoms with van der Waals surface area (Å²) in [5.41, 5.74) is 7.86. The van der Waals surface area contributed by atoms with Crippen LogP contribution in [0.4, 0.5) is 11.4 Å². The van der Waals surface area contributed by atoms with Crippen molar-refractivity contribution in [3.05, 3.63) is 47.9 Å². The monoisotopic (exact) mass is 216 g/mol. The highest BCUT2D eigenvalue weighted by Crippen LogP contribution is 2.23. The van der Waals surface area contributed by atoms with Gasteiger partial charge in [-0.05, 0) is 30.7 Å². The van der Waals surface area contributed by atoms with Gasteiger partial charge in [0.2, 0.25) is 0 Å². The Bertz CT molecular complexity index is 483. The van der Waals surface area contributed by atoms with Gasteiger partial charge in [-0.15, -0.1) is 0 Å². The van der Waals surface area contributed by atoms with Crippen LogP contribution in [0.5, 0.6) is 0 Å². The SMILES string of the molecule is Cc1cccc(N)c1NC(=O)c1ccco1. The molecule has 82 valence electrons. The highest BCUT2D eigenvalue weighted by Gasteiger charge is 2.11. The van der Waals surface area contributed by atoms with E-state index in [2.05, 4.69) is 5.32 Å². The topological polar surface area (TPSA) is 68.3 Å². The van der Waals surface area contributed by atoms with Gasteiger partial charge in [-0.2, -0.15) is 0 Å². The van der Waals surface area contributed by atoms with Crippen molar-refractivity contribution >= 4 is 17.3 Å². The Labute approximate surface area is 93.1 Å². The molecule has 0 bridgehead atoms. The molecule has 4 nitrogen and oxygen atoms in total. The molecule has 0 aliphatic carbocycles. The van der Waals surface area contributed by atoms with Gasteiger partial charge in [0.1, 0.15) is 0 Å². The maximum Gasteiger partial charge on any atom is 0.291 e. The fraction of sp³-hybridized carbons (Fsp3) is 0.0833. The van der Waals surface area contributed by atoms with Crippen LogP contribution in [-0.4, -0.2) is 5.91 Å². The molecule has 1 aromatic carbocycles. The second-order valence-corrected chi connectivity index (χ2v) is 3.47. The summed E-state index contributed by atoms with van der Waals surface area (Å²) in [7, 11) is 0. The standard InChI is InChI=1S/C12H12N2O2/c1-8-4-2-5-9(13)11(8)14-12(15)10-6-3-7-16-10/h2-7H,13H2,1H3,(H,14,15). The van der Waals surface area contributed by atoms with E-state index in [4.69, 9.17) is 10.2 Å². The van der Waals surface area contributed by atoms with E-state index in [-0.39, 0.29) is 11.7 Å². The third-order valence-corrected chi connectivity index (χ3v) is 2.29. The van der Waals surface area contributed by atoms with E-state index in [0.717, 1.165) is 5.56 Å². The summed E-state index contributed by atoms with van der Waals surface area (Å²) in [5.74, 6) is -0.0337. The fourth-order valence-electron chi connectivity index (χ4n) is 1.44. The number of para-hydroxylation sites is 1. The van der Waals surface area contributed by atoms with Crippen molar-refractivity contribution in [2.24, 2.45) is 0 Å². The van der Waals surface area contributed by atoms with E-state index in [1.807, 2.05) is 19.1 Å². The molecule has 0 radical (unpaired) electrons. The van der Waals surface area contributed by atoms with Crippen LogP contribution in [-0.2, 0) is 0 Å². The lowest BCUT2D eigenvalue weighted by Gasteiger charge is -2.09. The largest absolute Gasteiger partial charge is 0.459 e. The van der Waals surface area contributed by atoms with E-state index >= 15 is 0 Å². The molecule has 0 aliphatic rings. The molecule has 2 rings (SSSR count). The minimum atomic E-state index is -0.300. The van der Waals surface area contributed by atoms with Crippen LogP contribution < -0.4 is 11.1 Å². The summed E-state index contributed by atoms with van der Waals surface area (Å²) >= 11 is 0. The van der Waals surface area contributed by atoms with Gasteiger partial charge in [0.15, 0.2) is 5.76 Å². The Hall–Kier alpha value is -2.23. The molecule has 1 heterocycles. The Kier molecular flexibility index (Phi) is 2.64. The Balaban J connectivity index is 2.25. The summed E-state index contributed by atoms with van der Waals surface area (Å²) in [6.07, 6.45) is 1.45. The van der Waals surface area contributed by atoms with Crippen LogP contribution in [0.3, 0.4) is 0 Å². The van der Waals surface area contributed by atoms with Crippen molar-refractivity contribution in [3.8, 4) is 0 Å². The van der Waals surface area contributed by atoms with Crippen LogP contribution in [0.1, 0.15) is 16.1 Å². The molecule has 1 aromatic heterocycles. The number of rotatable bonds is 2. The lowest BCUT2D eigenvalue weighted by molar-refractivity contribution is 0.0996. The molecule has 1 amide bonds. The Morgan fingerprint density at radius 2 is 2.12 bits per heavy atom. The average molecular weight is 216 g/mol. The zero-order valence-corrected chi connectivity index (χ0v) is 8.86. The number of carbonyl (C=O) groups is 1. The fourth-order valence-corrected chi connectivity index (χ4v) is 1.44. The second kappa shape index (κ2) is 4.10. The Morgan fingerprint density at radius 3 is 2.75 bits per heavy atom. The number of nitrogen functional groups attached to an aromatic ring is 1. The van der Waals surface area contributed by atoms with Gasteiger partial charge >= 0.3 is 0 Å². The number of anilines is 2. The minimum Gasteiger partial charge on any atom is -0.459 e. The van der Waals surface area contributed by atoms with Crippen LogP contribution in [0.15, 0.2) is 41.0 Å². The number of hydrogen-bond donors (Lipinski definition) is 2. The molecule has 0 saturated carbocycles. The van der Waals surface area contributed by atoms with Gasteiger partial charge in [-0.1, -0.05) is 12.1 Å². The molecule has 4 heteroatoms. The Morgan fingerprint density at radius 1 is 1.31 bits per heavy atom. The molecule has 0 unspecified atom stereocenters. The van der Waals surface area contributed by atoms with Crippen molar-refractivity contribution in [3.63, 3.8) is 0 Å². The third kappa shape index (κ3) is 1.91. The van der Waals surface area contributed by atoms with E-state index in [0.29, 0.717) is 11.4 Å². The molecular weight excluding hydrogens is 204 g/mol. The molecule has 0 atom stereocenters.